The van der Waals surface area contributed by atoms with E-state index in [4.69, 9.17) is 4.74 Å². The van der Waals surface area contributed by atoms with Crippen LogP contribution in [-0.2, 0) is 16.2 Å². The van der Waals surface area contributed by atoms with E-state index in [9.17, 15) is 9.59 Å². The Morgan fingerprint density at radius 3 is 1.27 bits per heavy atom. The molecule has 0 unspecified atom stereocenters. The minimum absolute atomic E-state index is 0.104. The Hall–Kier alpha value is -5.74. The van der Waals surface area contributed by atoms with E-state index in [1.54, 1.807) is 24.3 Å². The number of hydrogen-bond donors (Lipinski definition) is 1. The zero-order chi connectivity index (χ0) is 36.2. The van der Waals surface area contributed by atoms with E-state index >= 15 is 0 Å². The number of esters is 1. The van der Waals surface area contributed by atoms with E-state index in [1.165, 1.54) is 0 Å². The van der Waals surface area contributed by atoms with E-state index in [-0.39, 0.29) is 16.7 Å². The highest BCUT2D eigenvalue weighted by atomic mass is 16.5. The average molecular weight is 672 g/mol. The Bertz CT molecular complexity index is 1980. The lowest BCUT2D eigenvalue weighted by Gasteiger charge is -2.36. The molecule has 1 amide bonds. The highest BCUT2D eigenvalue weighted by molar-refractivity contribution is 6.05. The molecule has 0 saturated heterocycles. The SMILES string of the molecule is CC(C)(C)c1cc(C(=O)Nc2ccc(C(=O)Oc3ccc(C(c4ccccc4)(c4ccccc4)c4ccccc4)cc3)cc2)cc(C(C)(C)C)c1. The van der Waals surface area contributed by atoms with Gasteiger partial charge in [0.25, 0.3) is 5.91 Å². The summed E-state index contributed by atoms with van der Waals surface area (Å²) in [5, 5.41) is 3.00. The first-order chi connectivity index (χ1) is 24.4. The molecular weight excluding hydrogens is 627 g/mol. The van der Waals surface area contributed by atoms with Gasteiger partial charge in [0.1, 0.15) is 5.75 Å². The van der Waals surface area contributed by atoms with Crippen LogP contribution in [0, 0.1) is 0 Å². The molecule has 0 aliphatic carbocycles. The number of ether oxygens (including phenoxy) is 1. The fraction of sp³-hybridized carbons (Fsp3) is 0.191. The summed E-state index contributed by atoms with van der Waals surface area (Å²) in [5.74, 6) is -0.231. The third-order valence-corrected chi connectivity index (χ3v) is 9.42. The zero-order valence-corrected chi connectivity index (χ0v) is 30.2. The summed E-state index contributed by atoms with van der Waals surface area (Å²) in [6, 6.07) is 52.1. The molecule has 256 valence electrons. The third-order valence-electron chi connectivity index (χ3n) is 9.42. The molecule has 0 fully saturated rings. The number of nitrogens with one attached hydrogen (secondary N) is 1. The molecule has 51 heavy (non-hydrogen) atoms. The van der Waals surface area contributed by atoms with Crippen LogP contribution in [0.25, 0.3) is 0 Å². The number of carbonyl (C=O) groups is 2. The van der Waals surface area contributed by atoms with E-state index in [1.807, 2.05) is 54.6 Å². The molecule has 0 radical (unpaired) electrons. The van der Waals surface area contributed by atoms with Crippen molar-refractivity contribution in [1.29, 1.82) is 0 Å². The number of rotatable bonds is 8. The van der Waals surface area contributed by atoms with Crippen LogP contribution >= 0.6 is 0 Å². The minimum atomic E-state index is -0.588. The van der Waals surface area contributed by atoms with Gasteiger partial charge in [0.2, 0.25) is 0 Å². The van der Waals surface area contributed by atoms with Gasteiger partial charge in [-0.15, -0.1) is 0 Å². The Kier molecular flexibility index (Phi) is 9.80. The van der Waals surface area contributed by atoms with Gasteiger partial charge in [-0.05, 0) is 92.7 Å². The van der Waals surface area contributed by atoms with E-state index < -0.39 is 11.4 Å². The van der Waals surface area contributed by atoms with Gasteiger partial charge in [0, 0.05) is 11.3 Å². The van der Waals surface area contributed by atoms with Crippen molar-refractivity contribution in [2.45, 2.75) is 57.8 Å². The molecule has 0 saturated carbocycles. The molecule has 0 aliphatic heterocycles. The number of anilines is 1. The largest absolute Gasteiger partial charge is 0.423 e. The molecular formula is C47H45NO3. The second-order valence-corrected chi connectivity index (χ2v) is 15.1. The summed E-state index contributed by atoms with van der Waals surface area (Å²) >= 11 is 0. The zero-order valence-electron chi connectivity index (χ0n) is 30.2. The highest BCUT2D eigenvalue weighted by Crippen LogP contribution is 2.45. The van der Waals surface area contributed by atoms with Crippen LogP contribution in [0.5, 0.6) is 5.75 Å². The molecule has 1 N–H and O–H groups in total. The van der Waals surface area contributed by atoms with Crippen LogP contribution in [0.4, 0.5) is 5.69 Å². The van der Waals surface area contributed by atoms with E-state index in [0.717, 1.165) is 33.4 Å². The van der Waals surface area contributed by atoms with Crippen LogP contribution in [0.2, 0.25) is 0 Å². The van der Waals surface area contributed by atoms with Crippen molar-refractivity contribution in [2.75, 3.05) is 5.32 Å². The fourth-order valence-electron chi connectivity index (χ4n) is 6.52. The third kappa shape index (κ3) is 7.56. The van der Waals surface area contributed by atoms with Crippen molar-refractivity contribution in [3.05, 3.63) is 202 Å². The first kappa shape index (κ1) is 35.1. The monoisotopic (exact) mass is 671 g/mol. The molecule has 0 bridgehead atoms. The van der Waals surface area contributed by atoms with Crippen molar-refractivity contribution in [3.8, 4) is 5.75 Å². The lowest BCUT2D eigenvalue weighted by atomic mass is 9.65. The summed E-state index contributed by atoms with van der Waals surface area (Å²) < 4.78 is 5.84. The second kappa shape index (κ2) is 14.2. The van der Waals surface area contributed by atoms with Gasteiger partial charge < -0.3 is 10.1 Å². The van der Waals surface area contributed by atoms with Crippen LogP contribution in [0.15, 0.2) is 158 Å². The van der Waals surface area contributed by atoms with Crippen LogP contribution in [0.3, 0.4) is 0 Å². The summed E-state index contributed by atoms with van der Waals surface area (Å²) in [6.45, 7) is 12.9. The maximum Gasteiger partial charge on any atom is 0.343 e. The minimum Gasteiger partial charge on any atom is -0.423 e. The first-order valence-electron chi connectivity index (χ1n) is 17.4. The van der Waals surface area contributed by atoms with E-state index in [2.05, 4.69) is 126 Å². The van der Waals surface area contributed by atoms with Crippen LogP contribution < -0.4 is 10.1 Å². The molecule has 6 rings (SSSR count). The standard InChI is InChI=1S/C47H45NO3/c1-45(2,3)39-30-34(31-40(32-39)46(4,5)6)43(49)48-41-26-22-33(23-27-41)44(50)51-42-28-24-38(25-29-42)47(35-16-10-7-11-17-35,36-18-12-8-13-19-36)37-20-14-9-15-21-37/h7-32H,1-6H3,(H,48,49). The predicted octanol–water partition coefficient (Wildman–Crippen LogP) is 11.1. The molecule has 6 aromatic rings. The van der Waals surface area contributed by atoms with E-state index in [0.29, 0.717) is 22.6 Å². The summed E-state index contributed by atoms with van der Waals surface area (Å²) in [6.07, 6.45) is 0. The smallest absolute Gasteiger partial charge is 0.343 e. The summed E-state index contributed by atoms with van der Waals surface area (Å²) in [7, 11) is 0. The van der Waals surface area contributed by atoms with Crippen molar-refractivity contribution in [3.63, 3.8) is 0 Å². The summed E-state index contributed by atoms with van der Waals surface area (Å²) in [5.41, 5.74) is 7.46. The quantitative estimate of drug-likeness (QED) is 0.0995. The maximum atomic E-state index is 13.4. The summed E-state index contributed by atoms with van der Waals surface area (Å²) in [4.78, 5) is 26.7. The molecule has 0 spiro atoms. The van der Waals surface area contributed by atoms with Gasteiger partial charge in [-0.1, -0.05) is 151 Å². The molecule has 0 heterocycles. The first-order valence-corrected chi connectivity index (χ1v) is 17.4. The number of carbonyl (C=O) groups excluding carboxylic acids is 2. The molecule has 0 atom stereocenters. The number of amides is 1. The Balaban J connectivity index is 1.22. The molecule has 6 aromatic carbocycles. The highest BCUT2D eigenvalue weighted by Gasteiger charge is 2.38. The number of benzene rings is 6. The number of hydrogen-bond acceptors (Lipinski definition) is 3. The molecule has 4 heteroatoms. The topological polar surface area (TPSA) is 55.4 Å². The Morgan fingerprint density at radius 2 is 0.863 bits per heavy atom. The van der Waals surface area contributed by atoms with Crippen molar-refractivity contribution < 1.29 is 14.3 Å². The molecule has 0 aliphatic rings. The van der Waals surface area contributed by atoms with Gasteiger partial charge in [0.05, 0.1) is 11.0 Å². The van der Waals surface area contributed by atoms with Crippen LogP contribution in [-0.4, -0.2) is 11.9 Å². The van der Waals surface area contributed by atoms with Gasteiger partial charge in [-0.2, -0.15) is 0 Å². The fourth-order valence-corrected chi connectivity index (χ4v) is 6.52. The Labute approximate surface area is 302 Å². The van der Waals surface area contributed by atoms with Gasteiger partial charge in [0.15, 0.2) is 0 Å². The molecule has 0 aromatic heterocycles. The lowest BCUT2D eigenvalue weighted by Crippen LogP contribution is -2.30. The Morgan fingerprint density at radius 1 is 0.451 bits per heavy atom. The second-order valence-electron chi connectivity index (χ2n) is 15.1. The normalized spacial score (nSPS) is 11.9. The molecule has 4 nitrogen and oxygen atoms in total. The van der Waals surface area contributed by atoms with Gasteiger partial charge in [-0.3, -0.25) is 4.79 Å². The van der Waals surface area contributed by atoms with Crippen molar-refractivity contribution >= 4 is 17.6 Å². The maximum absolute atomic E-state index is 13.4. The van der Waals surface area contributed by atoms with Crippen LogP contribution in [0.1, 0.15) is 95.6 Å². The van der Waals surface area contributed by atoms with Gasteiger partial charge >= 0.3 is 5.97 Å². The van der Waals surface area contributed by atoms with Crippen molar-refractivity contribution in [2.24, 2.45) is 0 Å². The predicted molar refractivity (Wildman–Crippen MR) is 208 cm³/mol. The lowest BCUT2D eigenvalue weighted by molar-refractivity contribution is 0.0734. The average Bonchev–Trinajstić information content (AvgIpc) is 3.13. The van der Waals surface area contributed by atoms with Crippen molar-refractivity contribution in [1.82, 2.24) is 0 Å². The van der Waals surface area contributed by atoms with Gasteiger partial charge in [-0.25, -0.2) is 4.79 Å².